The molecule has 1 radical (unpaired) electrons. The molecule has 9 nitrogen and oxygen atoms in total. The number of hydrogen-bond donors (Lipinski definition) is 1. The first kappa shape index (κ1) is 32.6. The minimum atomic E-state index is -0.915. The Labute approximate surface area is 217 Å². The van der Waals surface area contributed by atoms with Gasteiger partial charge in [-0.25, -0.2) is 9.59 Å². The zero-order chi connectivity index (χ0) is 24.6. The maximum atomic E-state index is 13.4. The van der Waals surface area contributed by atoms with E-state index in [1.807, 2.05) is 20.8 Å². The van der Waals surface area contributed by atoms with E-state index in [9.17, 15) is 14.4 Å². The summed E-state index contributed by atoms with van der Waals surface area (Å²) in [5.41, 5.74) is -0.861. The quantitative estimate of drug-likeness (QED) is 0.255. The fourth-order valence-corrected chi connectivity index (χ4v) is 2.88. The van der Waals surface area contributed by atoms with Crippen molar-refractivity contribution in [2.75, 3.05) is 13.7 Å². The van der Waals surface area contributed by atoms with Gasteiger partial charge in [-0.15, -0.1) is 5.16 Å². The van der Waals surface area contributed by atoms with Gasteiger partial charge in [0.15, 0.2) is 0 Å². The van der Waals surface area contributed by atoms with Crippen molar-refractivity contribution in [2.45, 2.75) is 78.7 Å². The Hall–Kier alpha value is -1.61. The normalized spacial score (nSPS) is 19.5. The topological polar surface area (TPSA) is 107 Å². The largest absolute Gasteiger partial charge is 0.521 e. The third kappa shape index (κ3) is 10.8. The number of likely N-dealkylation sites (tertiary alicyclic amines) is 1. The van der Waals surface area contributed by atoms with Crippen molar-refractivity contribution in [2.24, 2.45) is 10.6 Å². The van der Waals surface area contributed by atoms with Gasteiger partial charge in [0.05, 0.1) is 13.7 Å². The summed E-state index contributed by atoms with van der Waals surface area (Å²) in [5, 5.41) is 6.48. The number of esters is 1. The summed E-state index contributed by atoms with van der Waals surface area (Å²) < 4.78 is 10.1. The summed E-state index contributed by atoms with van der Waals surface area (Å²) in [4.78, 5) is 44.7. The summed E-state index contributed by atoms with van der Waals surface area (Å²) in [6.07, 6.45) is -0.954. The van der Waals surface area contributed by atoms with Crippen LogP contribution in [0.1, 0.15) is 54.9 Å². The molecule has 0 saturated carbocycles. The molecule has 0 aromatic carbocycles. The average Bonchev–Trinajstić information content (AvgIpc) is 3.07. The number of nitrogens with one attached hydrogen (secondary N) is 1. The molecular formula is C22H37N3O6Y-2. The van der Waals surface area contributed by atoms with E-state index >= 15 is 0 Å². The molecule has 1 saturated heterocycles. The molecule has 2 amide bonds. The Kier molecular flexibility index (Phi) is 14.1. The number of rotatable bonds is 5. The molecule has 10 heteroatoms. The number of oxime groups is 1. The van der Waals surface area contributed by atoms with Gasteiger partial charge in [-0.1, -0.05) is 33.4 Å². The molecule has 1 heterocycles. The van der Waals surface area contributed by atoms with Crippen LogP contribution in [0.3, 0.4) is 0 Å². The molecule has 1 aliphatic rings. The molecule has 0 spiro atoms. The van der Waals surface area contributed by atoms with Crippen molar-refractivity contribution in [3.63, 3.8) is 0 Å². The molecule has 0 aliphatic carbocycles. The summed E-state index contributed by atoms with van der Waals surface area (Å²) in [6.45, 7) is 23.1. The fourth-order valence-electron chi connectivity index (χ4n) is 2.88. The van der Waals surface area contributed by atoms with Gasteiger partial charge in [-0.3, -0.25) is 11.4 Å². The zero-order valence-corrected chi connectivity index (χ0v) is 23.4. The van der Waals surface area contributed by atoms with Crippen LogP contribution in [0, 0.1) is 18.9 Å². The molecule has 3 atom stereocenters. The number of alkyl carbamates (subject to hydrolysis) is 1. The second kappa shape index (κ2) is 13.8. The summed E-state index contributed by atoms with van der Waals surface area (Å²) in [6, 6.07) is -1.75. The van der Waals surface area contributed by atoms with E-state index in [4.69, 9.17) is 14.3 Å². The van der Waals surface area contributed by atoms with Crippen molar-refractivity contribution in [3.8, 4) is 0 Å². The SMILES string of the molecule is [CH-]=C.[CH2-]/C(C)=N\O[C@@H]1C[C@@H](C(=O)OC)N(C(=O)[C@@H](NC(=O)OC(C)(C)C)C(C)(C)C)C1.[Y]. The number of ether oxygens (including phenoxy) is 2. The first-order valence-corrected chi connectivity index (χ1v) is 9.96. The van der Waals surface area contributed by atoms with Crippen molar-refractivity contribution in [1.29, 1.82) is 0 Å². The van der Waals surface area contributed by atoms with Gasteiger partial charge < -0.3 is 38.0 Å². The maximum absolute atomic E-state index is 13.4. The third-order valence-corrected chi connectivity index (χ3v) is 4.15. The van der Waals surface area contributed by atoms with Crippen LogP contribution in [0.2, 0.25) is 0 Å². The molecule has 181 valence electrons. The number of hydrogen-bond acceptors (Lipinski definition) is 7. The van der Waals surface area contributed by atoms with Gasteiger partial charge in [0.25, 0.3) is 0 Å². The van der Waals surface area contributed by atoms with Gasteiger partial charge in [0.1, 0.15) is 23.8 Å². The van der Waals surface area contributed by atoms with E-state index in [-0.39, 0.29) is 45.7 Å². The second-order valence-corrected chi connectivity index (χ2v) is 9.26. The van der Waals surface area contributed by atoms with E-state index in [0.717, 1.165) is 0 Å². The van der Waals surface area contributed by atoms with Gasteiger partial charge in [0, 0.05) is 39.1 Å². The van der Waals surface area contributed by atoms with Crippen molar-refractivity contribution in [1.82, 2.24) is 10.2 Å². The average molecular weight is 528 g/mol. The van der Waals surface area contributed by atoms with Gasteiger partial charge in [-0.05, 0) is 26.2 Å². The van der Waals surface area contributed by atoms with E-state index in [1.165, 1.54) is 12.0 Å². The van der Waals surface area contributed by atoms with Crippen molar-refractivity contribution < 1.29 is 61.4 Å². The Morgan fingerprint density at radius 2 is 1.72 bits per heavy atom. The zero-order valence-electron chi connectivity index (χ0n) is 20.6. The van der Waals surface area contributed by atoms with Gasteiger partial charge >= 0.3 is 12.1 Å². The Balaban J connectivity index is 0. The molecule has 0 aromatic heterocycles. The van der Waals surface area contributed by atoms with E-state index in [1.54, 1.807) is 27.7 Å². The minimum absolute atomic E-state index is 0. The Morgan fingerprint density at radius 1 is 1.19 bits per heavy atom. The third-order valence-electron chi connectivity index (χ3n) is 4.15. The number of methoxy groups -OCH3 is 1. The summed E-state index contributed by atoms with van der Waals surface area (Å²) in [7, 11) is 1.26. The van der Waals surface area contributed by atoms with Crippen molar-refractivity contribution >= 4 is 23.7 Å². The van der Waals surface area contributed by atoms with Crippen LogP contribution in [0.15, 0.2) is 11.7 Å². The first-order chi connectivity index (χ1) is 14.2. The first-order valence-electron chi connectivity index (χ1n) is 9.96. The van der Waals surface area contributed by atoms with Crippen LogP contribution in [-0.2, 0) is 56.6 Å². The van der Waals surface area contributed by atoms with Crippen LogP contribution in [0.4, 0.5) is 4.79 Å². The molecule has 1 aliphatic heterocycles. The number of amides is 2. The molecule has 32 heavy (non-hydrogen) atoms. The van der Waals surface area contributed by atoms with Gasteiger partial charge in [0.2, 0.25) is 5.91 Å². The predicted octanol–water partition coefficient (Wildman–Crippen LogP) is 2.90. The van der Waals surface area contributed by atoms with Crippen LogP contribution >= 0.6 is 0 Å². The summed E-state index contributed by atoms with van der Waals surface area (Å²) >= 11 is 0. The van der Waals surface area contributed by atoms with Crippen LogP contribution in [-0.4, -0.2) is 66.0 Å². The smallest absolute Gasteiger partial charge is 0.408 e. The number of carbonyl (C=O) groups excluding carboxylic acids is 3. The van der Waals surface area contributed by atoms with Crippen LogP contribution in [0.25, 0.3) is 0 Å². The molecule has 0 bridgehead atoms. The molecular weight excluding hydrogens is 491 g/mol. The summed E-state index contributed by atoms with van der Waals surface area (Å²) in [5.74, 6) is -0.968. The standard InChI is InChI=1S/C20H34N3O6.C2H3.Y/c1-12(2)22-29-13-10-14(17(25)27-9)23(11-13)16(24)15(19(3,4)5)21-18(26)28-20(6,7)8;1-2;/h13-15H,1,10-11H2,2-9H3,(H,21,26);1H,2H2;/q2*-1;/b22-12+;;/t13-,14+,15-;;/m1../s1. The minimum Gasteiger partial charge on any atom is -0.521 e. The maximum Gasteiger partial charge on any atom is 0.408 e. The van der Waals surface area contributed by atoms with E-state index in [2.05, 4.69) is 30.6 Å². The van der Waals surface area contributed by atoms with E-state index in [0.29, 0.717) is 5.71 Å². The molecule has 0 aromatic rings. The Morgan fingerprint density at radius 3 is 2.12 bits per heavy atom. The number of nitrogens with zero attached hydrogens (tertiary/aromatic N) is 2. The predicted molar refractivity (Wildman–Crippen MR) is 118 cm³/mol. The monoisotopic (exact) mass is 528 g/mol. The Bertz CT molecular complexity index is 666. The van der Waals surface area contributed by atoms with Crippen LogP contribution in [0.5, 0.6) is 0 Å². The molecule has 1 fully saturated rings. The fraction of sp³-hybridized carbons (Fsp3) is 0.682. The molecule has 1 rings (SSSR count). The van der Waals surface area contributed by atoms with Crippen molar-refractivity contribution in [3.05, 3.63) is 20.1 Å². The van der Waals surface area contributed by atoms with Crippen LogP contribution < -0.4 is 5.32 Å². The molecule has 1 N–H and O–H groups in total. The van der Waals surface area contributed by atoms with E-state index < -0.39 is 47.2 Å². The molecule has 0 unspecified atom stereocenters. The van der Waals surface area contributed by atoms with Gasteiger partial charge in [-0.2, -0.15) is 0 Å². The second-order valence-electron chi connectivity index (χ2n) is 9.26. The number of carbonyl (C=O) groups is 3.